The molecule has 2 rings (SSSR count). The van der Waals surface area contributed by atoms with Gasteiger partial charge < -0.3 is 5.11 Å². The molecule has 5 nitrogen and oxygen atoms in total. The van der Waals surface area contributed by atoms with E-state index in [9.17, 15) is 13.2 Å². The number of aliphatic carboxylic acids is 1. The molecule has 116 valence electrons. The van der Waals surface area contributed by atoms with Gasteiger partial charge in [0.25, 0.3) is 0 Å². The lowest BCUT2D eigenvalue weighted by Gasteiger charge is -2.26. The van der Waals surface area contributed by atoms with E-state index >= 15 is 0 Å². The number of hydrogen-bond acceptors (Lipinski definition) is 3. The molecular formula is C15H21NO4S. The molecule has 0 bridgehead atoms. The van der Waals surface area contributed by atoms with E-state index in [-0.39, 0.29) is 17.4 Å². The van der Waals surface area contributed by atoms with Crippen molar-refractivity contribution in [1.82, 2.24) is 4.31 Å². The average molecular weight is 311 g/mol. The van der Waals surface area contributed by atoms with Gasteiger partial charge in [-0.1, -0.05) is 31.9 Å². The fraction of sp³-hybridized carbons (Fsp3) is 0.533. The maximum absolute atomic E-state index is 12.7. The molecule has 1 N–H and O–H groups in total. The van der Waals surface area contributed by atoms with Gasteiger partial charge in [0.1, 0.15) is 0 Å². The van der Waals surface area contributed by atoms with Crippen molar-refractivity contribution in [3.05, 3.63) is 29.8 Å². The van der Waals surface area contributed by atoms with Crippen LogP contribution in [0.25, 0.3) is 0 Å². The molecule has 0 radical (unpaired) electrons. The van der Waals surface area contributed by atoms with Gasteiger partial charge in [-0.15, -0.1) is 0 Å². The zero-order chi connectivity index (χ0) is 15.5. The molecule has 1 saturated carbocycles. The molecule has 21 heavy (non-hydrogen) atoms. The molecular weight excluding hydrogens is 290 g/mol. The molecule has 0 heterocycles. The van der Waals surface area contributed by atoms with Crippen LogP contribution in [0.5, 0.6) is 0 Å². The van der Waals surface area contributed by atoms with E-state index in [0.717, 1.165) is 25.7 Å². The van der Waals surface area contributed by atoms with Crippen LogP contribution < -0.4 is 0 Å². The molecule has 1 aliphatic carbocycles. The monoisotopic (exact) mass is 311 g/mol. The Morgan fingerprint density at radius 1 is 1.24 bits per heavy atom. The van der Waals surface area contributed by atoms with Gasteiger partial charge in [-0.3, -0.25) is 4.79 Å². The number of sulfonamides is 1. The van der Waals surface area contributed by atoms with Crippen LogP contribution in [-0.4, -0.2) is 36.4 Å². The summed E-state index contributed by atoms with van der Waals surface area (Å²) in [6.07, 6.45) is 3.90. The Bertz CT molecular complexity index is 589. The first-order valence-electron chi connectivity index (χ1n) is 7.27. The molecule has 0 aliphatic heterocycles. The van der Waals surface area contributed by atoms with Gasteiger partial charge in [-0.2, -0.15) is 4.31 Å². The first-order chi connectivity index (χ1) is 9.95. The SMILES string of the molecule is CCN(C1CCCC1)S(=O)(=O)c1ccc(CC(=O)O)cc1. The Morgan fingerprint density at radius 3 is 2.29 bits per heavy atom. The minimum Gasteiger partial charge on any atom is -0.481 e. The second kappa shape index (κ2) is 6.58. The third-order valence-corrected chi connectivity index (χ3v) is 5.97. The van der Waals surface area contributed by atoms with Gasteiger partial charge in [0.15, 0.2) is 0 Å². The van der Waals surface area contributed by atoms with E-state index in [1.165, 1.54) is 12.1 Å². The summed E-state index contributed by atoms with van der Waals surface area (Å²) < 4.78 is 27.0. The standard InChI is InChI=1S/C15H21NO4S/c1-2-16(13-5-3-4-6-13)21(19,20)14-9-7-12(8-10-14)11-15(17)18/h7-10,13H,2-6,11H2,1H3,(H,17,18). The Balaban J connectivity index is 2.23. The van der Waals surface area contributed by atoms with Gasteiger partial charge in [0, 0.05) is 12.6 Å². The van der Waals surface area contributed by atoms with E-state index in [4.69, 9.17) is 5.11 Å². The molecule has 1 fully saturated rings. The summed E-state index contributed by atoms with van der Waals surface area (Å²) >= 11 is 0. The number of carboxylic acid groups (broad SMARTS) is 1. The van der Waals surface area contributed by atoms with E-state index in [0.29, 0.717) is 12.1 Å². The van der Waals surface area contributed by atoms with Crippen molar-refractivity contribution in [2.24, 2.45) is 0 Å². The Hall–Kier alpha value is -1.40. The number of nitrogens with zero attached hydrogens (tertiary/aromatic N) is 1. The predicted molar refractivity (Wildman–Crippen MR) is 79.6 cm³/mol. The van der Waals surface area contributed by atoms with Crippen LogP contribution in [0.4, 0.5) is 0 Å². The fourth-order valence-electron chi connectivity index (χ4n) is 2.91. The van der Waals surface area contributed by atoms with E-state index in [1.807, 2.05) is 6.92 Å². The van der Waals surface area contributed by atoms with Crippen molar-refractivity contribution >= 4 is 16.0 Å². The molecule has 0 saturated heterocycles. The molecule has 0 amide bonds. The normalized spacial score (nSPS) is 16.5. The molecule has 6 heteroatoms. The maximum atomic E-state index is 12.7. The largest absolute Gasteiger partial charge is 0.481 e. The summed E-state index contributed by atoms with van der Waals surface area (Å²) in [5.41, 5.74) is 0.602. The van der Waals surface area contributed by atoms with Crippen molar-refractivity contribution in [3.63, 3.8) is 0 Å². The lowest BCUT2D eigenvalue weighted by molar-refractivity contribution is -0.136. The minimum atomic E-state index is -3.49. The lowest BCUT2D eigenvalue weighted by atomic mass is 10.2. The zero-order valence-corrected chi connectivity index (χ0v) is 13.0. The van der Waals surface area contributed by atoms with Gasteiger partial charge in [-0.25, -0.2) is 8.42 Å². The number of carboxylic acids is 1. The van der Waals surface area contributed by atoms with Crippen LogP contribution in [0.2, 0.25) is 0 Å². The fourth-order valence-corrected chi connectivity index (χ4v) is 4.60. The quantitative estimate of drug-likeness (QED) is 0.874. The summed E-state index contributed by atoms with van der Waals surface area (Å²) in [7, 11) is -3.49. The topological polar surface area (TPSA) is 74.7 Å². The predicted octanol–water partition coefficient (Wildman–Crippen LogP) is 2.27. The lowest BCUT2D eigenvalue weighted by Crippen LogP contribution is -2.38. The Labute approximate surface area is 125 Å². The molecule has 0 spiro atoms. The molecule has 1 aromatic carbocycles. The second-order valence-corrected chi connectivity index (χ2v) is 7.25. The third kappa shape index (κ3) is 3.63. The zero-order valence-electron chi connectivity index (χ0n) is 12.2. The second-order valence-electron chi connectivity index (χ2n) is 5.36. The summed E-state index contributed by atoms with van der Waals surface area (Å²) in [5.74, 6) is -0.924. The van der Waals surface area contributed by atoms with Crippen molar-refractivity contribution in [2.75, 3.05) is 6.54 Å². The average Bonchev–Trinajstić information content (AvgIpc) is 2.93. The van der Waals surface area contributed by atoms with Crippen LogP contribution in [0.3, 0.4) is 0 Å². The minimum absolute atomic E-state index is 0.0960. The summed E-state index contributed by atoms with van der Waals surface area (Å²) in [5, 5.41) is 8.74. The molecule has 0 unspecified atom stereocenters. The van der Waals surface area contributed by atoms with Gasteiger partial charge in [-0.05, 0) is 30.5 Å². The van der Waals surface area contributed by atoms with E-state index in [1.54, 1.807) is 16.4 Å². The number of benzene rings is 1. The summed E-state index contributed by atoms with van der Waals surface area (Å²) in [6.45, 7) is 2.32. The van der Waals surface area contributed by atoms with Crippen LogP contribution >= 0.6 is 0 Å². The van der Waals surface area contributed by atoms with Crippen LogP contribution in [-0.2, 0) is 21.2 Å². The van der Waals surface area contributed by atoms with Crippen LogP contribution in [0.1, 0.15) is 38.2 Å². The first-order valence-corrected chi connectivity index (χ1v) is 8.71. The van der Waals surface area contributed by atoms with E-state index < -0.39 is 16.0 Å². The highest BCUT2D eigenvalue weighted by atomic mass is 32.2. The number of carbonyl (C=O) groups is 1. The van der Waals surface area contributed by atoms with Crippen molar-refractivity contribution in [1.29, 1.82) is 0 Å². The van der Waals surface area contributed by atoms with E-state index in [2.05, 4.69) is 0 Å². The van der Waals surface area contributed by atoms with Crippen molar-refractivity contribution < 1.29 is 18.3 Å². The van der Waals surface area contributed by atoms with Crippen LogP contribution in [0.15, 0.2) is 29.2 Å². The Morgan fingerprint density at radius 2 is 1.81 bits per heavy atom. The highest BCUT2D eigenvalue weighted by Crippen LogP contribution is 2.28. The third-order valence-electron chi connectivity index (χ3n) is 3.93. The van der Waals surface area contributed by atoms with Crippen molar-refractivity contribution in [2.45, 2.75) is 50.0 Å². The summed E-state index contributed by atoms with van der Waals surface area (Å²) in [4.78, 5) is 10.9. The smallest absolute Gasteiger partial charge is 0.307 e. The number of hydrogen-bond donors (Lipinski definition) is 1. The highest BCUT2D eigenvalue weighted by molar-refractivity contribution is 7.89. The summed E-state index contributed by atoms with van der Waals surface area (Å²) in [6, 6.07) is 6.25. The molecule has 1 aromatic rings. The number of rotatable bonds is 6. The Kier molecular flexibility index (Phi) is 5.00. The molecule has 0 aromatic heterocycles. The van der Waals surface area contributed by atoms with Gasteiger partial charge in [0.2, 0.25) is 10.0 Å². The van der Waals surface area contributed by atoms with Crippen LogP contribution in [0, 0.1) is 0 Å². The van der Waals surface area contributed by atoms with Crippen molar-refractivity contribution in [3.8, 4) is 0 Å². The first kappa shape index (κ1) is 16.0. The van der Waals surface area contributed by atoms with Gasteiger partial charge >= 0.3 is 5.97 Å². The molecule has 0 atom stereocenters. The molecule has 1 aliphatic rings. The maximum Gasteiger partial charge on any atom is 0.307 e. The highest BCUT2D eigenvalue weighted by Gasteiger charge is 2.31. The van der Waals surface area contributed by atoms with Gasteiger partial charge in [0.05, 0.1) is 11.3 Å².